The molecule has 1 aliphatic rings. The second-order valence-electron chi connectivity index (χ2n) is 2.66. The van der Waals surface area contributed by atoms with Crippen molar-refractivity contribution in [2.24, 2.45) is 0 Å². The van der Waals surface area contributed by atoms with Gasteiger partial charge in [0.25, 0.3) is 0 Å². The van der Waals surface area contributed by atoms with Gasteiger partial charge < -0.3 is 10.3 Å². The molecule has 0 amide bonds. The van der Waals surface area contributed by atoms with Crippen LogP contribution in [-0.4, -0.2) is 23.1 Å². The second kappa shape index (κ2) is 5.41. The summed E-state index contributed by atoms with van der Waals surface area (Å²) in [6, 6.07) is 0. The van der Waals surface area contributed by atoms with Crippen molar-refractivity contribution in [3.05, 3.63) is 18.2 Å². The molecule has 70 valence electrons. The molecule has 0 saturated carbocycles. The van der Waals surface area contributed by atoms with E-state index in [-0.39, 0.29) is 24.8 Å². The lowest BCUT2D eigenvalue weighted by molar-refractivity contribution is 0.714. The molecule has 0 aliphatic carbocycles. The zero-order chi connectivity index (χ0) is 6.81. The lowest BCUT2D eigenvalue weighted by atomic mass is 10.1. The first-order valence-electron chi connectivity index (χ1n) is 3.67. The van der Waals surface area contributed by atoms with Crippen LogP contribution >= 0.6 is 24.8 Å². The summed E-state index contributed by atoms with van der Waals surface area (Å²) >= 11 is 0. The summed E-state index contributed by atoms with van der Waals surface area (Å²) in [5, 5.41) is 3.30. The maximum Gasteiger partial charge on any atom is 0.110 e. The van der Waals surface area contributed by atoms with Gasteiger partial charge in [0, 0.05) is 24.9 Å². The summed E-state index contributed by atoms with van der Waals surface area (Å²) in [4.78, 5) is 7.33. The van der Waals surface area contributed by atoms with Crippen molar-refractivity contribution in [3.8, 4) is 0 Å². The van der Waals surface area contributed by atoms with Crippen LogP contribution in [0.4, 0.5) is 0 Å². The highest BCUT2D eigenvalue weighted by Gasteiger charge is 2.17. The highest BCUT2D eigenvalue weighted by Crippen LogP contribution is 2.17. The number of nitrogens with one attached hydrogen (secondary N) is 2. The minimum absolute atomic E-state index is 0. The van der Waals surface area contributed by atoms with Gasteiger partial charge in [-0.05, 0) is 13.0 Å². The van der Waals surface area contributed by atoms with Crippen molar-refractivity contribution in [2.45, 2.75) is 12.3 Å². The van der Waals surface area contributed by atoms with Gasteiger partial charge in [-0.1, -0.05) is 0 Å². The molecule has 1 fully saturated rings. The molecule has 3 nitrogen and oxygen atoms in total. The number of hydrogen-bond acceptors (Lipinski definition) is 2. The van der Waals surface area contributed by atoms with Crippen molar-refractivity contribution < 1.29 is 0 Å². The molecule has 0 spiro atoms. The SMILES string of the molecule is Cl.Cl.c1c[nH]c(C2CCNC2)n1. The molecule has 12 heavy (non-hydrogen) atoms. The molecule has 2 rings (SSSR count). The Hall–Kier alpha value is -0.250. The van der Waals surface area contributed by atoms with Crippen LogP contribution in [0.15, 0.2) is 12.4 Å². The average Bonchev–Trinajstić information content (AvgIpc) is 2.59. The fourth-order valence-electron chi connectivity index (χ4n) is 1.39. The number of imidazole rings is 1. The summed E-state index contributed by atoms with van der Waals surface area (Å²) < 4.78 is 0. The highest BCUT2D eigenvalue weighted by atomic mass is 35.5. The molecule has 0 radical (unpaired) electrons. The van der Waals surface area contributed by atoms with Gasteiger partial charge in [-0.3, -0.25) is 0 Å². The molecule has 1 aromatic rings. The molecule has 2 N–H and O–H groups in total. The van der Waals surface area contributed by atoms with E-state index in [1.54, 1.807) is 0 Å². The Labute approximate surface area is 84.2 Å². The lowest BCUT2D eigenvalue weighted by Gasteiger charge is -2.01. The first-order chi connectivity index (χ1) is 4.97. The highest BCUT2D eigenvalue weighted by molar-refractivity contribution is 5.85. The minimum Gasteiger partial charge on any atom is -0.348 e. The van der Waals surface area contributed by atoms with Crippen molar-refractivity contribution in [3.63, 3.8) is 0 Å². The van der Waals surface area contributed by atoms with Crippen LogP contribution in [0.1, 0.15) is 18.2 Å². The summed E-state index contributed by atoms with van der Waals surface area (Å²) in [5.41, 5.74) is 0. The normalized spacial score (nSPS) is 21.2. The Morgan fingerprint density at radius 1 is 1.42 bits per heavy atom. The van der Waals surface area contributed by atoms with Crippen LogP contribution < -0.4 is 5.32 Å². The summed E-state index contributed by atoms with van der Waals surface area (Å²) in [5.74, 6) is 1.75. The van der Waals surface area contributed by atoms with Gasteiger partial charge in [-0.25, -0.2) is 4.98 Å². The first-order valence-corrected chi connectivity index (χ1v) is 3.67. The van der Waals surface area contributed by atoms with E-state index in [4.69, 9.17) is 0 Å². The van der Waals surface area contributed by atoms with Gasteiger partial charge in [-0.15, -0.1) is 24.8 Å². The molecule has 1 aromatic heterocycles. The van der Waals surface area contributed by atoms with Gasteiger partial charge in [0.05, 0.1) is 0 Å². The van der Waals surface area contributed by atoms with E-state index < -0.39 is 0 Å². The standard InChI is InChI=1S/C7H11N3.2ClH/c1-2-8-5-6(1)7-9-3-4-10-7;;/h3-4,6,8H,1-2,5H2,(H,9,10);2*1H. The first kappa shape index (κ1) is 11.8. The molecule has 2 heterocycles. The average molecular weight is 210 g/mol. The van der Waals surface area contributed by atoms with Crippen LogP contribution in [0.25, 0.3) is 0 Å². The van der Waals surface area contributed by atoms with Crippen molar-refractivity contribution in [1.82, 2.24) is 15.3 Å². The largest absolute Gasteiger partial charge is 0.348 e. The van der Waals surface area contributed by atoms with Crippen molar-refractivity contribution in [2.75, 3.05) is 13.1 Å². The fraction of sp³-hybridized carbons (Fsp3) is 0.571. The third-order valence-corrected chi connectivity index (χ3v) is 1.97. The Kier molecular flexibility index (Phi) is 5.29. The molecule has 1 unspecified atom stereocenters. The molecule has 5 heteroatoms. The van der Waals surface area contributed by atoms with Crippen LogP contribution in [0, 0.1) is 0 Å². The zero-order valence-electron chi connectivity index (χ0n) is 6.62. The van der Waals surface area contributed by atoms with Gasteiger partial charge >= 0.3 is 0 Å². The van der Waals surface area contributed by atoms with E-state index in [1.165, 1.54) is 6.42 Å². The number of halogens is 2. The molecule has 0 aromatic carbocycles. The van der Waals surface area contributed by atoms with Crippen LogP contribution in [0.2, 0.25) is 0 Å². The van der Waals surface area contributed by atoms with Crippen LogP contribution in [0.3, 0.4) is 0 Å². The Bertz CT molecular complexity index is 194. The van der Waals surface area contributed by atoms with Gasteiger partial charge in [0.15, 0.2) is 0 Å². The molecule has 1 aliphatic heterocycles. The third-order valence-electron chi connectivity index (χ3n) is 1.97. The van der Waals surface area contributed by atoms with E-state index in [0.717, 1.165) is 18.9 Å². The van der Waals surface area contributed by atoms with Crippen molar-refractivity contribution >= 4 is 24.8 Å². The molecular weight excluding hydrogens is 197 g/mol. The fourth-order valence-corrected chi connectivity index (χ4v) is 1.39. The van der Waals surface area contributed by atoms with E-state index in [2.05, 4.69) is 15.3 Å². The third kappa shape index (κ3) is 2.37. The molecule has 0 bridgehead atoms. The summed E-state index contributed by atoms with van der Waals surface area (Å²) in [7, 11) is 0. The number of H-pyrrole nitrogens is 1. The molecular formula is C7H13Cl2N3. The lowest BCUT2D eigenvalue weighted by Crippen LogP contribution is -2.08. The van der Waals surface area contributed by atoms with Crippen molar-refractivity contribution in [1.29, 1.82) is 0 Å². The van der Waals surface area contributed by atoms with Gasteiger partial charge in [0.1, 0.15) is 5.82 Å². The van der Waals surface area contributed by atoms with E-state index in [9.17, 15) is 0 Å². The second-order valence-corrected chi connectivity index (χ2v) is 2.66. The molecule has 1 atom stereocenters. The summed E-state index contributed by atoms with van der Waals surface area (Å²) in [6.45, 7) is 2.21. The summed E-state index contributed by atoms with van der Waals surface area (Å²) in [6.07, 6.45) is 4.91. The van der Waals surface area contributed by atoms with Gasteiger partial charge in [-0.2, -0.15) is 0 Å². The maximum atomic E-state index is 4.20. The predicted molar refractivity (Wildman–Crippen MR) is 53.3 cm³/mol. The number of aromatic amines is 1. The smallest absolute Gasteiger partial charge is 0.110 e. The van der Waals surface area contributed by atoms with E-state index in [0.29, 0.717) is 5.92 Å². The topological polar surface area (TPSA) is 40.7 Å². The van der Waals surface area contributed by atoms with E-state index in [1.807, 2.05) is 12.4 Å². The minimum atomic E-state index is 0. The zero-order valence-corrected chi connectivity index (χ0v) is 8.25. The predicted octanol–water partition coefficient (Wildman–Crippen LogP) is 1.33. The molecule has 1 saturated heterocycles. The van der Waals surface area contributed by atoms with Crippen LogP contribution in [-0.2, 0) is 0 Å². The van der Waals surface area contributed by atoms with Crippen LogP contribution in [0.5, 0.6) is 0 Å². The van der Waals surface area contributed by atoms with E-state index >= 15 is 0 Å². The number of rotatable bonds is 1. The maximum absolute atomic E-state index is 4.20. The number of nitrogens with zero attached hydrogens (tertiary/aromatic N) is 1. The Morgan fingerprint density at radius 3 is 2.75 bits per heavy atom. The Morgan fingerprint density at radius 2 is 2.25 bits per heavy atom. The monoisotopic (exact) mass is 209 g/mol. The number of hydrogen-bond donors (Lipinski definition) is 2. The number of aromatic nitrogens is 2. The quantitative estimate of drug-likeness (QED) is 0.734. The van der Waals surface area contributed by atoms with Gasteiger partial charge in [0.2, 0.25) is 0 Å². The Balaban J connectivity index is 0.000000605.